The van der Waals surface area contributed by atoms with Gasteiger partial charge in [0, 0.05) is 17.0 Å². The fourth-order valence-electron chi connectivity index (χ4n) is 3.70. The maximum absolute atomic E-state index is 12.6. The minimum Gasteiger partial charge on any atom is -0.462 e. The summed E-state index contributed by atoms with van der Waals surface area (Å²) in [5.74, 6) is -0.723. The predicted molar refractivity (Wildman–Crippen MR) is 101 cm³/mol. The van der Waals surface area contributed by atoms with Crippen LogP contribution in [0.5, 0.6) is 0 Å². The molecular formula is C20H25NO4S. The van der Waals surface area contributed by atoms with Crippen LogP contribution < -0.4 is 4.90 Å². The maximum Gasteiger partial charge on any atom is 0.341 e. The number of imide groups is 1. The van der Waals surface area contributed by atoms with E-state index in [1.807, 2.05) is 0 Å². The number of hydrogen-bond donors (Lipinski definition) is 0. The van der Waals surface area contributed by atoms with Gasteiger partial charge >= 0.3 is 5.97 Å². The highest BCUT2D eigenvalue weighted by atomic mass is 32.1. The van der Waals surface area contributed by atoms with Gasteiger partial charge in [-0.25, -0.2) is 9.69 Å². The minimum atomic E-state index is -0.444. The lowest BCUT2D eigenvalue weighted by atomic mass is 9.69. The quantitative estimate of drug-likeness (QED) is 0.578. The third-order valence-electron chi connectivity index (χ3n) is 5.76. The first-order valence-corrected chi connectivity index (χ1v) is 9.99. The van der Waals surface area contributed by atoms with Crippen LogP contribution in [0.25, 0.3) is 0 Å². The van der Waals surface area contributed by atoms with E-state index in [9.17, 15) is 14.4 Å². The summed E-state index contributed by atoms with van der Waals surface area (Å²) in [6, 6.07) is 0. The Morgan fingerprint density at radius 1 is 1.27 bits per heavy atom. The van der Waals surface area contributed by atoms with Crippen LogP contribution in [0.15, 0.2) is 12.2 Å². The van der Waals surface area contributed by atoms with Crippen LogP contribution in [-0.2, 0) is 27.2 Å². The molecule has 0 saturated carbocycles. The Balaban J connectivity index is 2.05. The highest BCUT2D eigenvalue weighted by molar-refractivity contribution is 7.17. The molecule has 0 spiro atoms. The summed E-state index contributed by atoms with van der Waals surface area (Å²) in [6.07, 6.45) is 6.23. The standard InChI is InChI=1S/C20H25NO4S/c1-5-20(3,4)12-7-8-13-14(11-12)26-18(17(13)19(24)25-6-2)21-15(22)9-10-16(21)23/h9-10,12H,5-8,11H2,1-4H3. The molecule has 3 rings (SSSR count). The third-order valence-corrected chi connectivity index (χ3v) is 6.99. The molecule has 6 heteroatoms. The number of nitrogens with zero attached hydrogens (tertiary/aromatic N) is 1. The predicted octanol–water partition coefficient (Wildman–Crippen LogP) is 3.90. The van der Waals surface area contributed by atoms with Crippen LogP contribution in [0.1, 0.15) is 61.3 Å². The fraction of sp³-hybridized carbons (Fsp3) is 0.550. The van der Waals surface area contributed by atoms with Gasteiger partial charge in [-0.3, -0.25) is 9.59 Å². The Morgan fingerprint density at radius 3 is 2.50 bits per heavy atom. The summed E-state index contributed by atoms with van der Waals surface area (Å²) >= 11 is 1.39. The van der Waals surface area contributed by atoms with E-state index in [4.69, 9.17) is 4.74 Å². The van der Waals surface area contributed by atoms with Gasteiger partial charge in [-0.2, -0.15) is 0 Å². The molecule has 0 bridgehead atoms. The molecule has 2 heterocycles. The van der Waals surface area contributed by atoms with Crippen molar-refractivity contribution in [2.24, 2.45) is 11.3 Å². The summed E-state index contributed by atoms with van der Waals surface area (Å²) in [7, 11) is 0. The van der Waals surface area contributed by atoms with Crippen molar-refractivity contribution >= 4 is 34.1 Å². The molecule has 1 aromatic heterocycles. The molecule has 2 amide bonds. The van der Waals surface area contributed by atoms with Crippen molar-refractivity contribution in [2.45, 2.75) is 53.4 Å². The Hall–Kier alpha value is -1.95. The first kappa shape index (κ1) is 18.8. The highest BCUT2D eigenvalue weighted by Crippen LogP contribution is 2.47. The lowest BCUT2D eigenvalue weighted by Gasteiger charge is -2.36. The fourth-order valence-corrected chi connectivity index (χ4v) is 5.12. The van der Waals surface area contributed by atoms with E-state index in [0.717, 1.165) is 41.0 Å². The van der Waals surface area contributed by atoms with Gasteiger partial charge in [-0.05, 0) is 43.1 Å². The Morgan fingerprint density at radius 2 is 1.92 bits per heavy atom. The second kappa shape index (κ2) is 6.99. The first-order chi connectivity index (χ1) is 12.3. The first-order valence-electron chi connectivity index (χ1n) is 9.17. The summed E-state index contributed by atoms with van der Waals surface area (Å²) in [4.78, 5) is 39.2. The van der Waals surface area contributed by atoms with Gasteiger partial charge in [0.15, 0.2) is 0 Å². The molecule has 26 heavy (non-hydrogen) atoms. The van der Waals surface area contributed by atoms with Crippen LogP contribution in [0.3, 0.4) is 0 Å². The molecule has 0 saturated heterocycles. The van der Waals surface area contributed by atoms with Crippen LogP contribution in [-0.4, -0.2) is 24.4 Å². The number of thiophene rings is 1. The van der Waals surface area contributed by atoms with Gasteiger partial charge in [-0.1, -0.05) is 27.2 Å². The second-order valence-corrected chi connectivity index (χ2v) is 8.62. The lowest BCUT2D eigenvalue weighted by molar-refractivity contribution is -0.119. The van der Waals surface area contributed by atoms with Gasteiger partial charge in [-0.15, -0.1) is 11.3 Å². The molecular weight excluding hydrogens is 350 g/mol. The van der Waals surface area contributed by atoms with Crippen LogP contribution >= 0.6 is 11.3 Å². The van der Waals surface area contributed by atoms with E-state index >= 15 is 0 Å². The number of carbonyl (C=O) groups is 3. The van der Waals surface area contributed by atoms with Gasteiger partial charge in [0.25, 0.3) is 11.8 Å². The smallest absolute Gasteiger partial charge is 0.341 e. The zero-order valence-electron chi connectivity index (χ0n) is 15.8. The topological polar surface area (TPSA) is 63.7 Å². The van der Waals surface area contributed by atoms with E-state index in [1.54, 1.807) is 6.92 Å². The van der Waals surface area contributed by atoms with E-state index in [2.05, 4.69) is 20.8 Å². The van der Waals surface area contributed by atoms with Gasteiger partial charge in [0.1, 0.15) is 5.00 Å². The average Bonchev–Trinajstić information content (AvgIpc) is 3.13. The second-order valence-electron chi connectivity index (χ2n) is 7.53. The number of fused-ring (bicyclic) bond motifs is 1. The Kier molecular flexibility index (Phi) is 5.06. The van der Waals surface area contributed by atoms with Crippen molar-refractivity contribution in [1.82, 2.24) is 0 Å². The van der Waals surface area contributed by atoms with Crippen molar-refractivity contribution in [3.05, 3.63) is 28.2 Å². The molecule has 1 aliphatic carbocycles. The van der Waals surface area contributed by atoms with Gasteiger partial charge in [0.05, 0.1) is 12.2 Å². The largest absolute Gasteiger partial charge is 0.462 e. The molecule has 1 aliphatic heterocycles. The van der Waals surface area contributed by atoms with Crippen molar-refractivity contribution in [3.8, 4) is 0 Å². The molecule has 1 aromatic rings. The van der Waals surface area contributed by atoms with Crippen LogP contribution in [0.2, 0.25) is 0 Å². The highest BCUT2D eigenvalue weighted by Gasteiger charge is 2.39. The summed E-state index contributed by atoms with van der Waals surface area (Å²) in [6.45, 7) is 8.77. The van der Waals surface area contributed by atoms with Crippen LogP contribution in [0.4, 0.5) is 5.00 Å². The number of rotatable bonds is 5. The molecule has 0 aromatic carbocycles. The van der Waals surface area contributed by atoms with E-state index in [0.29, 0.717) is 16.5 Å². The number of anilines is 1. The molecule has 2 aliphatic rings. The van der Waals surface area contributed by atoms with E-state index < -0.39 is 17.8 Å². The normalized spacial score (nSPS) is 19.8. The number of esters is 1. The molecule has 0 radical (unpaired) electrons. The molecule has 0 fully saturated rings. The van der Waals surface area contributed by atoms with Gasteiger partial charge in [0.2, 0.25) is 0 Å². The Bertz CT molecular complexity index is 772. The third kappa shape index (κ3) is 3.11. The maximum atomic E-state index is 12.6. The van der Waals surface area contributed by atoms with Crippen LogP contribution in [0, 0.1) is 11.3 Å². The number of carbonyl (C=O) groups excluding carboxylic acids is 3. The lowest BCUT2D eigenvalue weighted by Crippen LogP contribution is -2.30. The molecule has 0 N–H and O–H groups in total. The summed E-state index contributed by atoms with van der Waals surface area (Å²) < 4.78 is 5.24. The number of ether oxygens (including phenoxy) is 1. The molecule has 5 nitrogen and oxygen atoms in total. The summed E-state index contributed by atoms with van der Waals surface area (Å²) in [5, 5.41) is 0.420. The SMILES string of the molecule is CCOC(=O)c1c(N2C(=O)C=CC2=O)sc2c1CCC(C(C)(C)CC)C2. The van der Waals surface area contributed by atoms with Gasteiger partial charge < -0.3 is 4.74 Å². The number of hydrogen-bond acceptors (Lipinski definition) is 5. The summed E-state index contributed by atoms with van der Waals surface area (Å²) in [5.41, 5.74) is 1.58. The van der Waals surface area contributed by atoms with Crippen molar-refractivity contribution in [2.75, 3.05) is 11.5 Å². The molecule has 1 atom stereocenters. The molecule has 140 valence electrons. The minimum absolute atomic E-state index is 0.215. The van der Waals surface area contributed by atoms with E-state index in [-0.39, 0.29) is 12.0 Å². The van der Waals surface area contributed by atoms with Crippen molar-refractivity contribution < 1.29 is 19.1 Å². The molecule has 1 unspecified atom stereocenters. The van der Waals surface area contributed by atoms with Crippen molar-refractivity contribution in [1.29, 1.82) is 0 Å². The van der Waals surface area contributed by atoms with E-state index in [1.165, 1.54) is 23.5 Å². The monoisotopic (exact) mass is 375 g/mol. The number of amides is 2. The Labute approximate surface area is 158 Å². The zero-order chi connectivity index (χ0) is 19.1. The zero-order valence-corrected chi connectivity index (χ0v) is 16.6. The average molecular weight is 375 g/mol. The van der Waals surface area contributed by atoms with Crippen molar-refractivity contribution in [3.63, 3.8) is 0 Å².